The number of nitrogens with zero attached hydrogens (tertiary/aromatic N) is 8. The van der Waals surface area contributed by atoms with E-state index in [1.165, 1.54) is 0 Å². The molecule has 0 bridgehead atoms. The van der Waals surface area contributed by atoms with Crippen molar-refractivity contribution in [3.8, 4) is 0 Å². The molecule has 7 aliphatic heterocycles. The molecule has 2 aromatic carbocycles. The molecule has 4 N–H and O–H groups in total. The van der Waals surface area contributed by atoms with Gasteiger partial charge in [-0.05, 0) is 22.3 Å². The van der Waals surface area contributed by atoms with Gasteiger partial charge in [0.05, 0.1) is 26.2 Å². The zero-order valence-corrected chi connectivity index (χ0v) is 25.5. The van der Waals surface area contributed by atoms with Crippen molar-refractivity contribution in [1.82, 2.24) is 39.2 Å². The first-order valence-electron chi connectivity index (χ1n) is 15.2. The molecule has 0 spiro atoms. The molecule has 20 nitrogen and oxygen atoms in total. The first-order valence-corrected chi connectivity index (χ1v) is 15.2. The fourth-order valence-corrected chi connectivity index (χ4v) is 9.37. The molecule has 5 fully saturated rings. The zero-order chi connectivity index (χ0) is 35.4. The number of urea groups is 4. The van der Waals surface area contributed by atoms with E-state index in [9.17, 15) is 58.8 Å². The van der Waals surface area contributed by atoms with E-state index >= 15 is 0 Å². The molecular weight excluding hydrogens is 664 g/mol. The van der Waals surface area contributed by atoms with Crippen molar-refractivity contribution in [3.05, 3.63) is 70.8 Å². The van der Waals surface area contributed by atoms with Crippen LogP contribution in [-0.4, -0.2) is 144 Å². The molecule has 9 rings (SSSR count). The minimum atomic E-state index is -3.21. The molecule has 7 aliphatic rings. The molecule has 7 heterocycles. The third-order valence-electron chi connectivity index (χ3n) is 11.3. The Morgan fingerprint density at radius 3 is 0.800 bits per heavy atom. The van der Waals surface area contributed by atoms with Crippen molar-refractivity contribution in [2.75, 3.05) is 13.3 Å². The standard InChI is InChI=1S/C30H24N8O12/c39-19(40)27-29(21(43)44)35-13-37-25(49)33-11-17-7-3-4-8-18(17)12-34-26(50)38(30(37,22(45)46)28(33,34)20(41)42)14-36(29)24(48)32(27)10-16-6-2-1-5-15(16)9-31(27)23(35)47/h1-8H,9-14H2,(H,39,40)(H,41,42)(H,43,44)(H,45,46). The second-order valence-electron chi connectivity index (χ2n) is 12.9. The van der Waals surface area contributed by atoms with Crippen molar-refractivity contribution >= 4 is 48.0 Å². The number of benzene rings is 2. The van der Waals surface area contributed by atoms with E-state index in [1.807, 2.05) is 0 Å². The summed E-state index contributed by atoms with van der Waals surface area (Å²) in [6.45, 7) is -4.73. The lowest BCUT2D eigenvalue weighted by Gasteiger charge is -2.50. The fraction of sp³-hybridized carbons (Fsp3) is 0.333. The number of hydrogen-bond donors (Lipinski definition) is 4. The molecule has 0 saturated carbocycles. The number of hydrogen-bond acceptors (Lipinski definition) is 8. The number of carbonyl (C=O) groups excluding carboxylic acids is 4. The monoisotopic (exact) mass is 688 g/mol. The number of carboxylic acid groups (broad SMARTS) is 4. The molecule has 20 heteroatoms. The van der Waals surface area contributed by atoms with Crippen LogP contribution in [0.1, 0.15) is 22.3 Å². The molecule has 2 aromatic rings. The molecule has 0 atom stereocenters. The number of fused-ring (bicyclic) bond motifs is 2. The predicted molar refractivity (Wildman–Crippen MR) is 155 cm³/mol. The molecule has 0 aliphatic carbocycles. The van der Waals surface area contributed by atoms with Gasteiger partial charge in [-0.25, -0.2) is 38.4 Å². The smallest absolute Gasteiger partial charge is 0.356 e. The lowest BCUT2D eigenvalue weighted by molar-refractivity contribution is -0.203. The fourth-order valence-electron chi connectivity index (χ4n) is 9.37. The molecular formula is C30H24N8O12. The molecule has 0 unspecified atom stereocenters. The maximum absolute atomic E-state index is 14.6. The minimum Gasteiger partial charge on any atom is -0.478 e. The van der Waals surface area contributed by atoms with E-state index in [-0.39, 0.29) is 0 Å². The summed E-state index contributed by atoms with van der Waals surface area (Å²) < 4.78 is 0. The highest BCUT2D eigenvalue weighted by Crippen LogP contribution is 2.60. The van der Waals surface area contributed by atoms with Crippen LogP contribution in [0.4, 0.5) is 19.2 Å². The van der Waals surface area contributed by atoms with Gasteiger partial charge in [-0.15, -0.1) is 0 Å². The lowest BCUT2D eigenvalue weighted by Crippen LogP contribution is -2.81. The number of aliphatic carboxylic acids is 4. The number of carboxylic acids is 4. The largest absolute Gasteiger partial charge is 0.478 e. The van der Waals surface area contributed by atoms with E-state index in [1.54, 1.807) is 48.5 Å². The van der Waals surface area contributed by atoms with Crippen molar-refractivity contribution in [2.24, 2.45) is 0 Å². The Bertz CT molecular complexity index is 1840. The van der Waals surface area contributed by atoms with Crippen molar-refractivity contribution in [2.45, 2.75) is 48.8 Å². The highest BCUT2D eigenvalue weighted by Gasteiger charge is 2.92. The summed E-state index contributed by atoms with van der Waals surface area (Å²) in [5.41, 5.74) is -10.9. The van der Waals surface area contributed by atoms with Gasteiger partial charge < -0.3 is 20.4 Å². The Morgan fingerprint density at radius 2 is 0.600 bits per heavy atom. The number of rotatable bonds is 4. The summed E-state index contributed by atoms with van der Waals surface area (Å²) in [5.74, 6) is -7.93. The van der Waals surface area contributed by atoms with Crippen LogP contribution in [-0.2, 0) is 45.4 Å². The van der Waals surface area contributed by atoms with Gasteiger partial charge in [0.15, 0.2) is 0 Å². The second-order valence-corrected chi connectivity index (χ2v) is 12.9. The van der Waals surface area contributed by atoms with Crippen LogP contribution in [0.2, 0.25) is 0 Å². The highest BCUT2D eigenvalue weighted by atomic mass is 16.4. The minimum absolute atomic E-state index is 0.383. The van der Waals surface area contributed by atoms with E-state index in [4.69, 9.17) is 0 Å². The number of carbonyl (C=O) groups is 8. The van der Waals surface area contributed by atoms with E-state index in [0.29, 0.717) is 61.5 Å². The van der Waals surface area contributed by atoms with Gasteiger partial charge in [0.1, 0.15) is 13.3 Å². The van der Waals surface area contributed by atoms with Crippen LogP contribution < -0.4 is 0 Å². The second kappa shape index (κ2) is 8.70. The summed E-state index contributed by atoms with van der Waals surface area (Å²) >= 11 is 0. The summed E-state index contributed by atoms with van der Waals surface area (Å²) in [4.78, 5) is 118. The van der Waals surface area contributed by atoms with Gasteiger partial charge in [0.25, 0.3) is 22.7 Å². The van der Waals surface area contributed by atoms with Crippen LogP contribution in [0.5, 0.6) is 0 Å². The maximum Gasteiger partial charge on any atom is 0.356 e. The summed E-state index contributed by atoms with van der Waals surface area (Å²) in [6, 6.07) is 7.46. The zero-order valence-electron chi connectivity index (χ0n) is 25.5. The Hall–Kier alpha value is -6.60. The van der Waals surface area contributed by atoms with Crippen LogP contribution >= 0.6 is 0 Å². The topological polar surface area (TPSA) is 243 Å². The summed E-state index contributed by atoms with van der Waals surface area (Å²) in [5, 5.41) is 44.4. The van der Waals surface area contributed by atoms with Crippen molar-refractivity contribution in [3.63, 3.8) is 0 Å². The molecule has 50 heavy (non-hydrogen) atoms. The Labute approximate surface area is 279 Å². The molecule has 5 saturated heterocycles. The molecule has 0 radical (unpaired) electrons. The van der Waals surface area contributed by atoms with Crippen LogP contribution in [0.25, 0.3) is 0 Å². The van der Waals surface area contributed by atoms with Gasteiger partial charge in [0.2, 0.25) is 0 Å². The summed E-state index contributed by atoms with van der Waals surface area (Å²) in [6.07, 6.45) is 0. The van der Waals surface area contributed by atoms with Gasteiger partial charge in [-0.3, -0.25) is 39.2 Å². The predicted octanol–water partition coefficient (Wildman–Crippen LogP) is -0.583. The van der Waals surface area contributed by atoms with Gasteiger partial charge >= 0.3 is 48.0 Å². The number of amides is 8. The van der Waals surface area contributed by atoms with Gasteiger partial charge in [0, 0.05) is 0 Å². The maximum atomic E-state index is 14.6. The van der Waals surface area contributed by atoms with Crippen molar-refractivity contribution in [1.29, 1.82) is 0 Å². The van der Waals surface area contributed by atoms with E-state index in [2.05, 4.69) is 0 Å². The van der Waals surface area contributed by atoms with Crippen LogP contribution in [0, 0.1) is 0 Å². The lowest BCUT2D eigenvalue weighted by atomic mass is 9.88. The van der Waals surface area contributed by atoms with Gasteiger partial charge in [-0.1, -0.05) is 48.5 Å². The summed E-state index contributed by atoms with van der Waals surface area (Å²) in [7, 11) is 0. The van der Waals surface area contributed by atoms with Crippen LogP contribution in [0.15, 0.2) is 48.5 Å². The van der Waals surface area contributed by atoms with Crippen LogP contribution in [0.3, 0.4) is 0 Å². The first-order chi connectivity index (χ1) is 23.8. The highest BCUT2D eigenvalue weighted by molar-refractivity contribution is 6.12. The Kier molecular flexibility index (Phi) is 5.14. The van der Waals surface area contributed by atoms with E-state index < -0.39 is 110 Å². The Morgan fingerprint density at radius 1 is 0.400 bits per heavy atom. The molecule has 256 valence electrons. The molecule has 0 aromatic heterocycles. The van der Waals surface area contributed by atoms with Crippen molar-refractivity contribution < 1.29 is 58.8 Å². The van der Waals surface area contributed by atoms with Gasteiger partial charge in [-0.2, -0.15) is 0 Å². The van der Waals surface area contributed by atoms with E-state index in [0.717, 1.165) is 0 Å². The average Bonchev–Trinajstić information content (AvgIpc) is 3.45. The normalized spacial score (nSPS) is 31.5. The third kappa shape index (κ3) is 2.59. The average molecular weight is 689 g/mol. The SMILES string of the molecule is O=C1N2Cc3ccccc3CN3C(=O)N4CN5C(=O)N6Cc7ccccc7CN7C(=O)N(CN1C4(C(=O)O)C23C(=O)O)C5(C(=O)O)C76C(=O)O. The Balaban J connectivity index is 1.36. The third-order valence-corrected chi connectivity index (χ3v) is 11.3. The first kappa shape index (κ1) is 29.5. The molecule has 8 amide bonds. The quantitative estimate of drug-likeness (QED) is 0.315.